The summed E-state index contributed by atoms with van der Waals surface area (Å²) < 4.78 is 41.2. The molecule has 0 radical (unpaired) electrons. The summed E-state index contributed by atoms with van der Waals surface area (Å²) in [6, 6.07) is 42.1. The fourth-order valence-electron chi connectivity index (χ4n) is 10.9. The fraction of sp³-hybridized carbons (Fsp3) is 0. The molecule has 0 spiro atoms. The van der Waals surface area contributed by atoms with Gasteiger partial charge >= 0.3 is 0 Å². The standard InChI is InChI=1S/C46H22N2O6Si2/c1-3-9-25-23(7-1)47-37-21-19-36-46-38(22(21)20-35-45(37)55-41-29(11-5-13-31(41)53-35)51-33-17-15-27(49-25)39(47)43(33)55)48-24-8-2-4-10-26(24)50-28-16-18-34-44(40(28)48)56(46)42-30(52-34)12-6-14-32(42)54-36/h1-20,55-56H. The van der Waals surface area contributed by atoms with Crippen LogP contribution in [0.1, 0.15) is 0 Å². The van der Waals surface area contributed by atoms with E-state index in [1.54, 1.807) is 0 Å². The Morgan fingerprint density at radius 3 is 1.09 bits per heavy atom. The van der Waals surface area contributed by atoms with E-state index in [1.165, 1.54) is 31.1 Å². The van der Waals surface area contributed by atoms with E-state index in [0.29, 0.717) is 0 Å². The van der Waals surface area contributed by atoms with E-state index >= 15 is 0 Å². The molecule has 0 amide bonds. The minimum atomic E-state index is -2.18. The summed E-state index contributed by atoms with van der Waals surface area (Å²) in [5.41, 5.74) is 6.32. The van der Waals surface area contributed by atoms with Crippen molar-refractivity contribution in [3.63, 3.8) is 0 Å². The number of para-hydroxylation sites is 4. The normalized spacial score (nSPS) is 18.1. The van der Waals surface area contributed by atoms with Crippen molar-refractivity contribution in [2.75, 3.05) is 9.80 Å². The smallest absolute Gasteiger partial charge is 0.157 e. The zero-order valence-electron chi connectivity index (χ0n) is 29.0. The van der Waals surface area contributed by atoms with E-state index in [0.717, 1.165) is 114 Å². The molecule has 8 aliphatic rings. The van der Waals surface area contributed by atoms with Gasteiger partial charge in [-0.3, -0.25) is 0 Å². The Morgan fingerprint density at radius 1 is 0.286 bits per heavy atom. The molecule has 0 aliphatic carbocycles. The molecule has 260 valence electrons. The Kier molecular flexibility index (Phi) is 4.34. The molecular weight excluding hydrogens is 733 g/mol. The van der Waals surface area contributed by atoms with Crippen LogP contribution in [0.15, 0.2) is 121 Å². The average molecular weight is 755 g/mol. The van der Waals surface area contributed by atoms with Crippen LogP contribution in [0.25, 0.3) is 10.8 Å². The van der Waals surface area contributed by atoms with E-state index in [2.05, 4.69) is 107 Å². The monoisotopic (exact) mass is 754 g/mol. The molecular formula is C46H22N2O6Si2. The highest BCUT2D eigenvalue weighted by Gasteiger charge is 2.53. The summed E-state index contributed by atoms with van der Waals surface area (Å²) in [6.45, 7) is 0. The second-order valence-corrected chi connectivity index (χ2v) is 20.6. The van der Waals surface area contributed by atoms with Gasteiger partial charge in [0.1, 0.15) is 46.0 Å². The van der Waals surface area contributed by atoms with Crippen molar-refractivity contribution >= 4 is 93.6 Å². The maximum Gasteiger partial charge on any atom is 0.157 e. The van der Waals surface area contributed by atoms with E-state index in [4.69, 9.17) is 28.4 Å². The van der Waals surface area contributed by atoms with Crippen molar-refractivity contribution in [2.45, 2.75) is 0 Å². The van der Waals surface area contributed by atoms with Gasteiger partial charge in [-0.25, -0.2) is 0 Å². The number of ether oxygens (including phenoxy) is 6. The molecule has 8 aromatic carbocycles. The molecule has 2 unspecified atom stereocenters. The quantitative estimate of drug-likeness (QED) is 0.147. The van der Waals surface area contributed by atoms with Gasteiger partial charge in [0.15, 0.2) is 40.6 Å². The lowest BCUT2D eigenvalue weighted by Crippen LogP contribution is -2.62. The lowest BCUT2D eigenvalue weighted by atomic mass is 9.99. The number of hydrogen-bond donors (Lipinski definition) is 0. The second-order valence-electron chi connectivity index (χ2n) is 15.4. The SMILES string of the molecule is c1ccc2c(c1)Oc1ccc3c4c1N2c1c2c(cc5c6c7c(cc15)Oc1cccc5c1[SiH]7c1c(ccc7c1N6c1ccccc1O7)O5)Oc1cccc(c1[SiH]42)O3. The van der Waals surface area contributed by atoms with Crippen molar-refractivity contribution in [2.24, 2.45) is 0 Å². The number of nitrogens with zero attached hydrogens (tertiary/aromatic N) is 2. The van der Waals surface area contributed by atoms with Crippen molar-refractivity contribution in [3.8, 4) is 69.0 Å². The average Bonchev–Trinajstić information content (AvgIpc) is 3.23. The third-order valence-corrected chi connectivity index (χ3v) is 19.7. The summed E-state index contributed by atoms with van der Waals surface area (Å²) in [5.74, 6) is 10.3. The molecule has 8 aliphatic heterocycles. The minimum Gasteiger partial charge on any atom is -0.457 e. The Hall–Kier alpha value is -7.15. The van der Waals surface area contributed by atoms with Crippen molar-refractivity contribution in [3.05, 3.63) is 121 Å². The zero-order valence-corrected chi connectivity index (χ0v) is 31.4. The third-order valence-electron chi connectivity index (χ3n) is 12.9. The molecule has 16 rings (SSSR count). The van der Waals surface area contributed by atoms with Crippen LogP contribution >= 0.6 is 0 Å². The van der Waals surface area contributed by atoms with Gasteiger partial charge in [0.25, 0.3) is 0 Å². The first-order chi connectivity index (χ1) is 27.8. The maximum absolute atomic E-state index is 7.12. The summed E-state index contributed by atoms with van der Waals surface area (Å²) in [7, 11) is -4.36. The highest BCUT2D eigenvalue weighted by atomic mass is 28.3. The predicted molar refractivity (Wildman–Crippen MR) is 219 cm³/mol. The predicted octanol–water partition coefficient (Wildman–Crippen LogP) is 7.54. The van der Waals surface area contributed by atoms with Gasteiger partial charge in [-0.2, -0.15) is 0 Å². The molecule has 0 saturated heterocycles. The Bertz CT molecular complexity index is 3110. The third kappa shape index (κ3) is 2.88. The Balaban J connectivity index is 1.11. The number of benzene rings is 8. The number of fused-ring (bicyclic) bond motifs is 9. The van der Waals surface area contributed by atoms with Gasteiger partial charge in [-0.1, -0.05) is 36.4 Å². The van der Waals surface area contributed by atoms with Crippen LogP contribution in [0.3, 0.4) is 0 Å². The van der Waals surface area contributed by atoms with Crippen molar-refractivity contribution in [1.29, 1.82) is 0 Å². The summed E-state index contributed by atoms with van der Waals surface area (Å²) >= 11 is 0. The molecule has 0 aromatic heterocycles. The zero-order chi connectivity index (χ0) is 35.7. The van der Waals surface area contributed by atoms with Crippen LogP contribution in [0.5, 0.6) is 69.0 Å². The van der Waals surface area contributed by atoms with Gasteiger partial charge in [0, 0.05) is 41.9 Å². The van der Waals surface area contributed by atoms with Crippen molar-refractivity contribution in [1.82, 2.24) is 0 Å². The van der Waals surface area contributed by atoms with Gasteiger partial charge in [-0.15, -0.1) is 0 Å². The first-order valence-corrected chi connectivity index (χ1v) is 22.4. The van der Waals surface area contributed by atoms with Crippen LogP contribution in [0.2, 0.25) is 0 Å². The van der Waals surface area contributed by atoms with Crippen LogP contribution < -0.4 is 69.3 Å². The summed E-state index contributed by atoms with van der Waals surface area (Å²) in [4.78, 5) is 4.85. The molecule has 56 heavy (non-hydrogen) atoms. The molecule has 8 nitrogen and oxygen atoms in total. The Morgan fingerprint density at radius 2 is 0.625 bits per heavy atom. The van der Waals surface area contributed by atoms with Crippen LogP contribution in [0, 0.1) is 0 Å². The van der Waals surface area contributed by atoms with E-state index in [9.17, 15) is 0 Å². The number of rotatable bonds is 0. The fourth-order valence-corrected chi connectivity index (χ4v) is 18.3. The van der Waals surface area contributed by atoms with Gasteiger partial charge < -0.3 is 38.2 Å². The topological polar surface area (TPSA) is 61.9 Å². The van der Waals surface area contributed by atoms with Crippen LogP contribution in [-0.4, -0.2) is 17.6 Å². The number of anilines is 6. The van der Waals surface area contributed by atoms with E-state index in [1.807, 2.05) is 24.3 Å². The lowest BCUT2D eigenvalue weighted by molar-refractivity contribution is 0.456. The summed E-state index contributed by atoms with van der Waals surface area (Å²) in [5, 5.41) is 9.52. The van der Waals surface area contributed by atoms with Gasteiger partial charge in [0.05, 0.1) is 34.1 Å². The maximum atomic E-state index is 7.12. The molecule has 0 N–H and O–H groups in total. The first-order valence-electron chi connectivity index (χ1n) is 18.9. The molecule has 10 heteroatoms. The summed E-state index contributed by atoms with van der Waals surface area (Å²) in [6.07, 6.45) is 0. The molecule has 0 bridgehead atoms. The molecule has 0 fully saturated rings. The molecule has 0 saturated carbocycles. The van der Waals surface area contributed by atoms with E-state index < -0.39 is 17.6 Å². The highest BCUT2D eigenvalue weighted by Crippen LogP contribution is 2.60. The molecule has 2 atom stereocenters. The lowest BCUT2D eigenvalue weighted by Gasteiger charge is -2.48. The first kappa shape index (κ1) is 27.4. The van der Waals surface area contributed by atoms with Crippen molar-refractivity contribution < 1.29 is 28.4 Å². The minimum absolute atomic E-state index is 0.806. The number of hydrogen-bond acceptors (Lipinski definition) is 8. The second kappa shape index (κ2) is 8.87. The molecule has 8 aromatic rings. The molecule has 8 heterocycles. The van der Waals surface area contributed by atoms with Gasteiger partial charge in [-0.05, 0) is 84.9 Å². The Labute approximate surface area is 321 Å². The highest BCUT2D eigenvalue weighted by molar-refractivity contribution is 7.02. The van der Waals surface area contributed by atoms with Crippen LogP contribution in [-0.2, 0) is 0 Å². The largest absolute Gasteiger partial charge is 0.457 e. The van der Waals surface area contributed by atoms with E-state index in [-0.39, 0.29) is 0 Å². The van der Waals surface area contributed by atoms with Gasteiger partial charge in [0.2, 0.25) is 0 Å². The van der Waals surface area contributed by atoms with Crippen LogP contribution in [0.4, 0.5) is 34.1 Å².